The topological polar surface area (TPSA) is 34.1 Å². The van der Waals surface area contributed by atoms with Crippen molar-refractivity contribution >= 4 is 11.6 Å². The molecular formula is C13H22O2. The highest BCUT2D eigenvalue weighted by molar-refractivity contribution is 5.98. The van der Waals surface area contributed by atoms with Crippen LogP contribution in [0.1, 0.15) is 59.3 Å². The summed E-state index contributed by atoms with van der Waals surface area (Å²) < 4.78 is 0. The van der Waals surface area contributed by atoms with Crippen LogP contribution in [0, 0.1) is 0 Å². The molecule has 2 nitrogen and oxygen atoms in total. The van der Waals surface area contributed by atoms with E-state index < -0.39 is 0 Å². The first-order chi connectivity index (χ1) is 7.11. The van der Waals surface area contributed by atoms with Crippen LogP contribution in [0.3, 0.4) is 0 Å². The second-order valence-electron chi connectivity index (χ2n) is 3.85. The Balaban J connectivity index is 4.13. The van der Waals surface area contributed by atoms with E-state index in [4.69, 9.17) is 0 Å². The molecule has 0 atom stereocenters. The number of carbonyl (C=O) groups excluding carboxylic acids is 2. The van der Waals surface area contributed by atoms with Gasteiger partial charge in [-0.15, -0.1) is 0 Å². The summed E-state index contributed by atoms with van der Waals surface area (Å²) in [6, 6.07) is 0. The molecule has 0 heterocycles. The fourth-order valence-corrected chi connectivity index (χ4v) is 1.35. The van der Waals surface area contributed by atoms with Crippen molar-refractivity contribution in [3.05, 3.63) is 11.6 Å². The van der Waals surface area contributed by atoms with Crippen molar-refractivity contribution in [2.75, 3.05) is 0 Å². The van der Waals surface area contributed by atoms with Crippen LogP contribution in [0.5, 0.6) is 0 Å². The molecule has 0 saturated heterocycles. The van der Waals surface area contributed by atoms with E-state index >= 15 is 0 Å². The Morgan fingerprint density at radius 3 is 2.27 bits per heavy atom. The van der Waals surface area contributed by atoms with Crippen LogP contribution in [0.15, 0.2) is 11.6 Å². The summed E-state index contributed by atoms with van der Waals surface area (Å²) in [6.45, 7) is 5.52. The van der Waals surface area contributed by atoms with E-state index in [1.165, 1.54) is 19.8 Å². The predicted octanol–water partition coefficient (Wildman–Crippen LogP) is 3.45. The first-order valence-electron chi connectivity index (χ1n) is 5.83. The third kappa shape index (κ3) is 7.06. The third-order valence-corrected chi connectivity index (χ3v) is 2.43. The number of hydrogen-bond acceptors (Lipinski definition) is 2. The standard InChI is InChI=1S/C13H22O2/c1-4-6-7-8-9-12(11(3)14)10-13(15)5-2/h9H,4-8,10H2,1-3H3/b12-9+. The van der Waals surface area contributed by atoms with E-state index in [2.05, 4.69) is 6.92 Å². The maximum absolute atomic E-state index is 11.2. The molecule has 0 radical (unpaired) electrons. The van der Waals surface area contributed by atoms with Crippen LogP contribution >= 0.6 is 0 Å². The zero-order chi connectivity index (χ0) is 11.7. The maximum Gasteiger partial charge on any atom is 0.155 e. The monoisotopic (exact) mass is 210 g/mol. The van der Waals surface area contributed by atoms with E-state index in [0.717, 1.165) is 12.8 Å². The lowest BCUT2D eigenvalue weighted by atomic mass is 10.0. The minimum absolute atomic E-state index is 0.0355. The molecule has 0 N–H and O–H groups in total. The summed E-state index contributed by atoms with van der Waals surface area (Å²) in [7, 11) is 0. The molecule has 0 aliphatic rings. The molecule has 86 valence electrons. The van der Waals surface area contributed by atoms with Crippen LogP contribution in [0.4, 0.5) is 0 Å². The van der Waals surface area contributed by atoms with Gasteiger partial charge in [-0.2, -0.15) is 0 Å². The second-order valence-corrected chi connectivity index (χ2v) is 3.85. The van der Waals surface area contributed by atoms with Crippen molar-refractivity contribution < 1.29 is 9.59 Å². The second kappa shape index (κ2) is 8.39. The van der Waals surface area contributed by atoms with Crippen molar-refractivity contribution in [2.24, 2.45) is 0 Å². The normalized spacial score (nSPS) is 11.5. The van der Waals surface area contributed by atoms with E-state index in [1.54, 1.807) is 0 Å². The fourth-order valence-electron chi connectivity index (χ4n) is 1.35. The number of carbonyl (C=O) groups is 2. The number of unbranched alkanes of at least 4 members (excludes halogenated alkanes) is 3. The lowest BCUT2D eigenvalue weighted by Gasteiger charge is -2.02. The summed E-state index contributed by atoms with van der Waals surface area (Å²) in [6.07, 6.45) is 7.15. The molecule has 15 heavy (non-hydrogen) atoms. The molecule has 2 heteroatoms. The molecule has 0 aliphatic heterocycles. The molecule has 0 aromatic carbocycles. The largest absolute Gasteiger partial charge is 0.299 e. The van der Waals surface area contributed by atoms with E-state index in [1.807, 2.05) is 13.0 Å². The maximum atomic E-state index is 11.2. The Labute approximate surface area is 92.8 Å². The van der Waals surface area contributed by atoms with Gasteiger partial charge in [0, 0.05) is 12.8 Å². The number of allylic oxidation sites excluding steroid dienone is 2. The lowest BCUT2D eigenvalue weighted by Crippen LogP contribution is -2.04. The van der Waals surface area contributed by atoms with Gasteiger partial charge in [0.25, 0.3) is 0 Å². The Morgan fingerprint density at radius 2 is 1.80 bits per heavy atom. The number of Topliss-reactive ketones (excluding diaryl/α,β-unsaturated/α-hetero) is 2. The van der Waals surface area contributed by atoms with Gasteiger partial charge in [0.1, 0.15) is 5.78 Å². The van der Waals surface area contributed by atoms with Crippen molar-refractivity contribution in [3.8, 4) is 0 Å². The summed E-state index contributed by atoms with van der Waals surface area (Å²) in [4.78, 5) is 22.5. The number of hydrogen-bond donors (Lipinski definition) is 0. The fraction of sp³-hybridized carbons (Fsp3) is 0.692. The van der Waals surface area contributed by atoms with Crippen molar-refractivity contribution in [1.82, 2.24) is 0 Å². The Kier molecular flexibility index (Phi) is 7.88. The molecule has 0 fully saturated rings. The summed E-state index contributed by atoms with van der Waals surface area (Å²) in [5.74, 6) is 0.181. The lowest BCUT2D eigenvalue weighted by molar-refractivity contribution is -0.120. The molecule has 0 aromatic heterocycles. The van der Waals surface area contributed by atoms with Crippen LogP contribution < -0.4 is 0 Å². The van der Waals surface area contributed by atoms with Crippen molar-refractivity contribution in [3.63, 3.8) is 0 Å². The van der Waals surface area contributed by atoms with Gasteiger partial charge in [0.05, 0.1) is 0 Å². The van der Waals surface area contributed by atoms with E-state index in [0.29, 0.717) is 18.4 Å². The zero-order valence-corrected chi connectivity index (χ0v) is 10.1. The van der Waals surface area contributed by atoms with E-state index in [-0.39, 0.29) is 11.6 Å². The van der Waals surface area contributed by atoms with Gasteiger partial charge >= 0.3 is 0 Å². The summed E-state index contributed by atoms with van der Waals surface area (Å²) >= 11 is 0. The quantitative estimate of drug-likeness (QED) is 0.454. The SMILES string of the molecule is CCCCC/C=C(\CC(=O)CC)C(C)=O. The zero-order valence-electron chi connectivity index (χ0n) is 10.1. The predicted molar refractivity (Wildman–Crippen MR) is 62.8 cm³/mol. The first kappa shape index (κ1) is 14.1. The van der Waals surface area contributed by atoms with Gasteiger partial charge in [-0.3, -0.25) is 9.59 Å². The Hall–Kier alpha value is -0.920. The molecule has 0 aromatic rings. The molecule has 0 amide bonds. The Morgan fingerprint density at radius 1 is 1.13 bits per heavy atom. The van der Waals surface area contributed by atoms with Gasteiger partial charge in [-0.1, -0.05) is 32.8 Å². The molecule has 0 bridgehead atoms. The molecule has 0 unspecified atom stereocenters. The molecule has 0 saturated carbocycles. The highest BCUT2D eigenvalue weighted by Crippen LogP contribution is 2.09. The van der Waals surface area contributed by atoms with Gasteiger partial charge in [-0.25, -0.2) is 0 Å². The smallest absolute Gasteiger partial charge is 0.155 e. The van der Waals surface area contributed by atoms with Gasteiger partial charge < -0.3 is 0 Å². The van der Waals surface area contributed by atoms with E-state index in [9.17, 15) is 9.59 Å². The number of rotatable bonds is 8. The summed E-state index contributed by atoms with van der Waals surface area (Å²) in [5.41, 5.74) is 0.693. The van der Waals surface area contributed by atoms with Gasteiger partial charge in [0.15, 0.2) is 5.78 Å². The Bertz CT molecular complexity index is 239. The minimum Gasteiger partial charge on any atom is -0.299 e. The van der Waals surface area contributed by atoms with Crippen molar-refractivity contribution in [1.29, 1.82) is 0 Å². The van der Waals surface area contributed by atoms with Crippen LogP contribution in [0.25, 0.3) is 0 Å². The van der Waals surface area contributed by atoms with Crippen LogP contribution in [-0.4, -0.2) is 11.6 Å². The van der Waals surface area contributed by atoms with Crippen LogP contribution in [-0.2, 0) is 9.59 Å². The summed E-state index contributed by atoms with van der Waals surface area (Å²) in [5, 5.41) is 0. The van der Waals surface area contributed by atoms with Crippen LogP contribution in [0.2, 0.25) is 0 Å². The van der Waals surface area contributed by atoms with Crippen molar-refractivity contribution in [2.45, 2.75) is 59.3 Å². The third-order valence-electron chi connectivity index (χ3n) is 2.43. The molecule has 0 spiro atoms. The molecular weight excluding hydrogens is 188 g/mol. The average molecular weight is 210 g/mol. The first-order valence-corrected chi connectivity index (χ1v) is 5.83. The molecule has 0 aliphatic carbocycles. The average Bonchev–Trinajstić information content (AvgIpc) is 2.21. The number of ketones is 2. The molecule has 0 rings (SSSR count). The minimum atomic E-state index is 0.0355. The highest BCUT2D eigenvalue weighted by Gasteiger charge is 2.07. The highest BCUT2D eigenvalue weighted by atomic mass is 16.1. The van der Waals surface area contributed by atoms with Gasteiger partial charge in [-0.05, 0) is 25.3 Å². The van der Waals surface area contributed by atoms with Gasteiger partial charge in [0.2, 0.25) is 0 Å².